The van der Waals surface area contributed by atoms with E-state index in [2.05, 4.69) is 4.98 Å². The van der Waals surface area contributed by atoms with E-state index in [0.29, 0.717) is 38.7 Å². The van der Waals surface area contributed by atoms with Crippen molar-refractivity contribution in [3.8, 4) is 28.1 Å². The maximum Gasteiger partial charge on any atom is 0.200 e. The first-order valence-electron chi connectivity index (χ1n) is 13.1. The number of nitrogens with zero attached hydrogens (tertiary/aromatic N) is 3. The van der Waals surface area contributed by atoms with Crippen LogP contribution in [-0.2, 0) is 0 Å². The number of aromatic nitrogens is 3. The third-order valence-corrected chi connectivity index (χ3v) is 6.90. The number of halogens is 2. The molecule has 0 unspecified atom stereocenters. The van der Waals surface area contributed by atoms with Gasteiger partial charge in [-0.2, -0.15) is 5.10 Å². The second kappa shape index (κ2) is 10.2. The summed E-state index contributed by atoms with van der Waals surface area (Å²) in [4.78, 5) is 18.0. The fourth-order valence-electron chi connectivity index (χ4n) is 5.09. The van der Waals surface area contributed by atoms with Crippen LogP contribution in [-0.4, -0.2) is 20.9 Å². The Hall–Kier alpha value is -5.05. The zero-order valence-electron chi connectivity index (χ0n) is 22.6. The number of para-hydroxylation sites is 1. The molecule has 0 radical (unpaired) electrons. The highest BCUT2D eigenvalue weighted by Crippen LogP contribution is 2.38. The minimum Gasteiger partial charge on any atom is -0.488 e. The predicted octanol–water partition coefficient (Wildman–Crippen LogP) is 7.13. The van der Waals surface area contributed by atoms with Gasteiger partial charge < -0.3 is 14.9 Å². The highest BCUT2D eigenvalue weighted by Gasteiger charge is 2.26. The second-order valence-electron chi connectivity index (χ2n) is 10.0. The van der Waals surface area contributed by atoms with E-state index < -0.39 is 17.7 Å². The molecule has 0 saturated heterocycles. The molecule has 6 aromatic rings. The van der Waals surface area contributed by atoms with Crippen molar-refractivity contribution in [2.45, 2.75) is 32.9 Å². The quantitative estimate of drug-likeness (QED) is 0.236. The third-order valence-electron chi connectivity index (χ3n) is 6.90. The van der Waals surface area contributed by atoms with Crippen LogP contribution < -0.4 is 15.9 Å². The molecule has 6 rings (SSSR count). The molecular weight excluding hydrogens is 526 g/mol. The summed E-state index contributed by atoms with van der Waals surface area (Å²) in [6, 6.07) is 18.4. The topological polar surface area (TPSA) is 96.2 Å². The SMILES string of the molecule is CC(C)Oc1ccc(-c2nn([C@H](C)c3oc4ccccc4c(=O)c3-c3cccc(F)c3)c3ccnc(N)c23)cc1F. The fraction of sp³-hybridized carbons (Fsp3) is 0.156. The molecule has 0 saturated carbocycles. The number of ether oxygens (including phenoxy) is 1. The first-order chi connectivity index (χ1) is 19.7. The molecule has 0 aliphatic heterocycles. The van der Waals surface area contributed by atoms with E-state index >= 15 is 4.39 Å². The van der Waals surface area contributed by atoms with E-state index in [0.717, 1.165) is 0 Å². The molecule has 0 aliphatic rings. The lowest BCUT2D eigenvalue weighted by molar-refractivity contribution is 0.231. The van der Waals surface area contributed by atoms with Gasteiger partial charge in [0.05, 0.1) is 28.0 Å². The summed E-state index contributed by atoms with van der Waals surface area (Å²) >= 11 is 0. The number of benzene rings is 3. The highest BCUT2D eigenvalue weighted by molar-refractivity contribution is 6.00. The summed E-state index contributed by atoms with van der Waals surface area (Å²) in [5.41, 5.74) is 8.50. The Kier molecular flexibility index (Phi) is 6.49. The molecule has 9 heteroatoms. The lowest BCUT2D eigenvalue weighted by Crippen LogP contribution is -2.16. The van der Waals surface area contributed by atoms with E-state index in [9.17, 15) is 9.18 Å². The number of nitrogens with two attached hydrogens (primary N) is 1. The van der Waals surface area contributed by atoms with Crippen LogP contribution in [0.15, 0.2) is 88.2 Å². The Balaban J connectivity index is 1.58. The van der Waals surface area contributed by atoms with E-state index in [4.69, 9.17) is 20.0 Å². The maximum absolute atomic E-state index is 15.0. The molecule has 206 valence electrons. The van der Waals surface area contributed by atoms with E-state index in [1.165, 1.54) is 18.2 Å². The van der Waals surface area contributed by atoms with Crippen molar-refractivity contribution < 1.29 is 17.9 Å². The van der Waals surface area contributed by atoms with Crippen LogP contribution in [0.5, 0.6) is 5.75 Å². The molecule has 3 aromatic carbocycles. The Morgan fingerprint density at radius 3 is 2.51 bits per heavy atom. The van der Waals surface area contributed by atoms with E-state index in [-0.39, 0.29) is 34.4 Å². The molecule has 7 nitrogen and oxygen atoms in total. The van der Waals surface area contributed by atoms with Gasteiger partial charge in [0.25, 0.3) is 0 Å². The highest BCUT2D eigenvalue weighted by atomic mass is 19.1. The molecule has 0 spiro atoms. The van der Waals surface area contributed by atoms with Crippen molar-refractivity contribution in [2.24, 2.45) is 0 Å². The zero-order chi connectivity index (χ0) is 28.8. The number of hydrogen-bond donors (Lipinski definition) is 1. The minimum atomic E-state index is -0.656. The normalized spacial score (nSPS) is 12.3. The zero-order valence-corrected chi connectivity index (χ0v) is 22.6. The molecule has 0 aliphatic carbocycles. The van der Waals surface area contributed by atoms with Crippen molar-refractivity contribution in [3.63, 3.8) is 0 Å². The van der Waals surface area contributed by atoms with Gasteiger partial charge in [-0.15, -0.1) is 0 Å². The number of anilines is 1. The van der Waals surface area contributed by atoms with Gasteiger partial charge in [0.15, 0.2) is 11.6 Å². The second-order valence-corrected chi connectivity index (χ2v) is 10.0. The van der Waals surface area contributed by atoms with Gasteiger partial charge in [-0.25, -0.2) is 13.8 Å². The van der Waals surface area contributed by atoms with Crippen molar-refractivity contribution in [1.29, 1.82) is 0 Å². The molecule has 0 bridgehead atoms. The molecule has 41 heavy (non-hydrogen) atoms. The predicted molar refractivity (Wildman–Crippen MR) is 155 cm³/mol. The third kappa shape index (κ3) is 4.59. The number of pyridine rings is 1. The summed E-state index contributed by atoms with van der Waals surface area (Å²) < 4.78 is 42.9. The number of rotatable bonds is 6. The molecule has 1 atom stereocenters. The van der Waals surface area contributed by atoms with Crippen LogP contribution >= 0.6 is 0 Å². The van der Waals surface area contributed by atoms with Crippen LogP contribution in [0, 0.1) is 11.6 Å². The first kappa shape index (κ1) is 26.2. The van der Waals surface area contributed by atoms with Gasteiger partial charge in [0.2, 0.25) is 5.43 Å². The maximum atomic E-state index is 15.0. The standard InChI is InChI=1S/C32H26F2N4O3/c1-17(2)40-26-12-11-20(16-23(26)34)29-28-24(13-14-36-32(28)35)38(37-29)18(3)31-27(19-7-6-8-21(33)15-19)30(39)22-9-4-5-10-25(22)41-31/h4-18H,1-3H3,(H2,35,36)/t18-/m1/s1. The van der Waals surface area contributed by atoms with Crippen molar-refractivity contribution in [3.05, 3.63) is 107 Å². The summed E-state index contributed by atoms with van der Waals surface area (Å²) in [6.45, 7) is 5.46. The van der Waals surface area contributed by atoms with Gasteiger partial charge in [-0.3, -0.25) is 9.48 Å². The lowest BCUT2D eigenvalue weighted by atomic mass is 9.99. The first-order valence-corrected chi connectivity index (χ1v) is 13.1. The van der Waals surface area contributed by atoms with Gasteiger partial charge in [-0.05, 0) is 74.9 Å². The molecule has 0 amide bonds. The average molecular weight is 553 g/mol. The summed E-state index contributed by atoms with van der Waals surface area (Å²) in [5.74, 6) is -0.388. The van der Waals surface area contributed by atoms with Crippen LogP contribution in [0.3, 0.4) is 0 Å². The van der Waals surface area contributed by atoms with Gasteiger partial charge in [0.1, 0.15) is 34.7 Å². The Bertz CT molecular complexity index is 2000. The molecule has 3 aromatic heterocycles. The lowest BCUT2D eigenvalue weighted by Gasteiger charge is -2.17. The summed E-state index contributed by atoms with van der Waals surface area (Å²) in [6.07, 6.45) is 1.36. The number of hydrogen-bond acceptors (Lipinski definition) is 6. The van der Waals surface area contributed by atoms with Crippen molar-refractivity contribution >= 4 is 27.7 Å². The Morgan fingerprint density at radius 1 is 0.951 bits per heavy atom. The van der Waals surface area contributed by atoms with E-state index in [1.54, 1.807) is 65.5 Å². The van der Waals surface area contributed by atoms with Gasteiger partial charge in [0, 0.05) is 11.8 Å². The summed E-state index contributed by atoms with van der Waals surface area (Å²) in [5, 5.41) is 5.74. The van der Waals surface area contributed by atoms with Crippen LogP contribution in [0.2, 0.25) is 0 Å². The molecule has 3 heterocycles. The van der Waals surface area contributed by atoms with Crippen molar-refractivity contribution in [1.82, 2.24) is 14.8 Å². The Labute approximate surface area is 233 Å². The van der Waals surface area contributed by atoms with Crippen LogP contribution in [0.1, 0.15) is 32.6 Å². The van der Waals surface area contributed by atoms with Crippen molar-refractivity contribution in [2.75, 3.05) is 5.73 Å². The monoisotopic (exact) mass is 552 g/mol. The van der Waals surface area contributed by atoms with Crippen LogP contribution in [0.25, 0.3) is 44.3 Å². The largest absolute Gasteiger partial charge is 0.488 e. The van der Waals surface area contributed by atoms with Crippen LogP contribution in [0.4, 0.5) is 14.6 Å². The number of nitrogen functional groups attached to an aromatic ring is 1. The molecule has 2 N–H and O–H groups in total. The summed E-state index contributed by atoms with van der Waals surface area (Å²) in [7, 11) is 0. The van der Waals surface area contributed by atoms with Gasteiger partial charge in [-0.1, -0.05) is 24.3 Å². The van der Waals surface area contributed by atoms with Gasteiger partial charge >= 0.3 is 0 Å². The van der Waals surface area contributed by atoms with E-state index in [1.807, 2.05) is 20.8 Å². The average Bonchev–Trinajstić information content (AvgIpc) is 3.34. The fourth-order valence-corrected chi connectivity index (χ4v) is 5.09. The number of fused-ring (bicyclic) bond motifs is 2. The Morgan fingerprint density at radius 2 is 1.76 bits per heavy atom. The smallest absolute Gasteiger partial charge is 0.200 e. The minimum absolute atomic E-state index is 0.129. The molecule has 0 fully saturated rings. The molecular formula is C32H26F2N4O3.